The fourth-order valence-corrected chi connectivity index (χ4v) is 2.55. The van der Waals surface area contributed by atoms with E-state index in [-0.39, 0.29) is 24.0 Å². The molecule has 2 aromatic rings. The molecule has 0 radical (unpaired) electrons. The maximum Gasteiger partial charge on any atom is 0.191 e. The van der Waals surface area contributed by atoms with E-state index < -0.39 is 0 Å². The molecule has 1 atom stereocenters. The third-order valence-electron chi connectivity index (χ3n) is 4.21. The van der Waals surface area contributed by atoms with Crippen LogP contribution in [0.25, 0.3) is 0 Å². The van der Waals surface area contributed by atoms with Gasteiger partial charge in [0.15, 0.2) is 5.96 Å². The van der Waals surface area contributed by atoms with Crippen LogP contribution in [0.15, 0.2) is 59.9 Å². The van der Waals surface area contributed by atoms with E-state index in [0.29, 0.717) is 6.04 Å². The van der Waals surface area contributed by atoms with Gasteiger partial charge in [0.25, 0.3) is 0 Å². The van der Waals surface area contributed by atoms with E-state index in [1.54, 1.807) is 0 Å². The molecule has 5 nitrogen and oxygen atoms in total. The number of guanidine groups is 1. The lowest BCUT2D eigenvalue weighted by atomic mass is 10.2. The van der Waals surface area contributed by atoms with Crippen LogP contribution in [0.5, 0.6) is 0 Å². The van der Waals surface area contributed by atoms with Gasteiger partial charge in [-0.2, -0.15) is 0 Å². The van der Waals surface area contributed by atoms with Crippen LogP contribution in [0.3, 0.4) is 0 Å². The quantitative estimate of drug-likeness (QED) is 0.337. The molecular formula is C20H32IN5. The maximum atomic E-state index is 4.74. The van der Waals surface area contributed by atoms with Gasteiger partial charge in [0.05, 0.1) is 6.54 Å². The van der Waals surface area contributed by atoms with Gasteiger partial charge in [-0.3, -0.25) is 9.89 Å². The Hall–Kier alpha value is -1.54. The zero-order valence-corrected chi connectivity index (χ0v) is 18.4. The Morgan fingerprint density at radius 1 is 1.12 bits per heavy atom. The van der Waals surface area contributed by atoms with Crippen molar-refractivity contribution in [3.05, 3.63) is 60.4 Å². The molecule has 0 aliphatic rings. The first-order valence-corrected chi connectivity index (χ1v) is 9.06. The Balaban J connectivity index is 0.00000338. The zero-order chi connectivity index (χ0) is 17.9. The second kappa shape index (κ2) is 12.8. The van der Waals surface area contributed by atoms with Gasteiger partial charge < -0.3 is 15.2 Å². The Morgan fingerprint density at radius 3 is 2.46 bits per heavy atom. The van der Waals surface area contributed by atoms with Crippen molar-refractivity contribution in [3.8, 4) is 0 Å². The number of hydrogen-bond donors (Lipinski definition) is 2. The lowest BCUT2D eigenvalue weighted by Gasteiger charge is -2.24. The molecule has 26 heavy (non-hydrogen) atoms. The topological polar surface area (TPSA) is 44.6 Å². The minimum absolute atomic E-state index is 0. The summed E-state index contributed by atoms with van der Waals surface area (Å²) in [6.07, 6.45) is 4.15. The minimum atomic E-state index is 0. The smallest absolute Gasteiger partial charge is 0.191 e. The zero-order valence-electron chi connectivity index (χ0n) is 16.1. The normalized spacial score (nSPS) is 12.5. The highest BCUT2D eigenvalue weighted by molar-refractivity contribution is 14.0. The lowest BCUT2D eigenvalue weighted by Crippen LogP contribution is -2.40. The molecule has 1 unspecified atom stereocenters. The summed E-state index contributed by atoms with van der Waals surface area (Å²) in [5.74, 6) is 0.884. The molecule has 0 aliphatic heterocycles. The number of aliphatic imine (C=N–C) groups is 1. The summed E-state index contributed by atoms with van der Waals surface area (Å²) in [4.78, 5) is 7.07. The molecule has 0 aliphatic carbocycles. The number of hydrogen-bond acceptors (Lipinski definition) is 2. The van der Waals surface area contributed by atoms with Crippen molar-refractivity contribution in [1.29, 1.82) is 0 Å². The molecule has 0 saturated heterocycles. The molecule has 1 heterocycles. The number of aromatic nitrogens is 1. The van der Waals surface area contributed by atoms with Gasteiger partial charge in [-0.05, 0) is 38.6 Å². The number of likely N-dealkylation sites (N-methyl/N-ethyl adjacent to an activating group) is 1. The summed E-state index contributed by atoms with van der Waals surface area (Å²) in [5, 5.41) is 6.72. The number of rotatable bonds is 9. The highest BCUT2D eigenvalue weighted by Crippen LogP contribution is 2.06. The minimum Gasteiger partial charge on any atom is -0.357 e. The van der Waals surface area contributed by atoms with E-state index in [0.717, 1.165) is 38.7 Å². The highest BCUT2D eigenvalue weighted by atomic mass is 127. The first kappa shape index (κ1) is 22.5. The van der Waals surface area contributed by atoms with Crippen LogP contribution in [0.1, 0.15) is 19.4 Å². The second-order valence-corrected chi connectivity index (χ2v) is 6.32. The Morgan fingerprint density at radius 2 is 1.81 bits per heavy atom. The fourth-order valence-electron chi connectivity index (χ4n) is 2.55. The number of nitrogens with one attached hydrogen (secondary N) is 2. The Bertz CT molecular complexity index is 612. The van der Waals surface area contributed by atoms with Crippen molar-refractivity contribution in [2.75, 3.05) is 26.7 Å². The average molecular weight is 469 g/mol. The van der Waals surface area contributed by atoms with Crippen LogP contribution in [-0.2, 0) is 13.1 Å². The van der Waals surface area contributed by atoms with E-state index in [4.69, 9.17) is 4.99 Å². The van der Waals surface area contributed by atoms with Gasteiger partial charge in [0.1, 0.15) is 0 Å². The fraction of sp³-hybridized carbons (Fsp3) is 0.450. The molecule has 2 N–H and O–H groups in total. The van der Waals surface area contributed by atoms with E-state index in [2.05, 4.69) is 83.7 Å². The summed E-state index contributed by atoms with van der Waals surface area (Å²) in [6.45, 7) is 8.67. The van der Waals surface area contributed by atoms with Crippen molar-refractivity contribution in [1.82, 2.24) is 20.1 Å². The van der Waals surface area contributed by atoms with Crippen molar-refractivity contribution >= 4 is 29.9 Å². The monoisotopic (exact) mass is 469 g/mol. The van der Waals surface area contributed by atoms with E-state index in [9.17, 15) is 0 Å². The van der Waals surface area contributed by atoms with Gasteiger partial charge in [-0.1, -0.05) is 30.3 Å². The number of nitrogens with zero attached hydrogens (tertiary/aromatic N) is 3. The molecule has 6 heteroatoms. The predicted octanol–water partition coefficient (Wildman–Crippen LogP) is 3.18. The van der Waals surface area contributed by atoms with E-state index in [1.165, 1.54) is 5.56 Å². The second-order valence-electron chi connectivity index (χ2n) is 6.32. The predicted molar refractivity (Wildman–Crippen MR) is 121 cm³/mol. The molecule has 144 valence electrons. The van der Waals surface area contributed by atoms with Crippen LogP contribution in [0, 0.1) is 0 Å². The first-order valence-electron chi connectivity index (χ1n) is 9.06. The van der Waals surface area contributed by atoms with Crippen LogP contribution in [0.2, 0.25) is 0 Å². The number of benzene rings is 1. The lowest BCUT2D eigenvalue weighted by molar-refractivity contribution is 0.255. The summed E-state index contributed by atoms with van der Waals surface area (Å²) in [5.41, 5.74) is 1.33. The summed E-state index contributed by atoms with van der Waals surface area (Å²) >= 11 is 0. The molecule has 0 bridgehead atoms. The van der Waals surface area contributed by atoms with Crippen LogP contribution >= 0.6 is 24.0 Å². The van der Waals surface area contributed by atoms with Gasteiger partial charge >= 0.3 is 0 Å². The van der Waals surface area contributed by atoms with Crippen molar-refractivity contribution < 1.29 is 0 Å². The largest absolute Gasteiger partial charge is 0.357 e. The molecule has 0 fully saturated rings. The van der Waals surface area contributed by atoms with Gasteiger partial charge in [-0.15, -0.1) is 24.0 Å². The highest BCUT2D eigenvalue weighted by Gasteiger charge is 2.09. The molecule has 1 aromatic heterocycles. The van der Waals surface area contributed by atoms with E-state index >= 15 is 0 Å². The summed E-state index contributed by atoms with van der Waals surface area (Å²) in [6, 6.07) is 15.0. The summed E-state index contributed by atoms with van der Waals surface area (Å²) in [7, 11) is 2.15. The third-order valence-corrected chi connectivity index (χ3v) is 4.21. The van der Waals surface area contributed by atoms with Crippen molar-refractivity contribution in [3.63, 3.8) is 0 Å². The van der Waals surface area contributed by atoms with Crippen LogP contribution in [-0.4, -0.2) is 48.2 Å². The molecule has 0 saturated carbocycles. The van der Waals surface area contributed by atoms with Crippen molar-refractivity contribution in [2.45, 2.75) is 33.0 Å². The van der Waals surface area contributed by atoms with Crippen LogP contribution < -0.4 is 10.6 Å². The van der Waals surface area contributed by atoms with Gasteiger partial charge in [-0.25, -0.2) is 0 Å². The molecule has 1 aromatic carbocycles. The SMILES string of the molecule is CCNC(=NCC(C)N(C)Cc1ccccc1)NCCn1cccc1.I. The molecular weight excluding hydrogens is 437 g/mol. The molecule has 2 rings (SSSR count). The standard InChI is InChI=1S/C20H31N5.HI/c1-4-21-20(22-12-15-25-13-8-9-14-25)23-16-18(2)24(3)17-19-10-6-5-7-11-19;/h5-11,13-14,18H,4,12,15-17H2,1-3H3,(H2,21,22,23);1H. The van der Waals surface area contributed by atoms with Gasteiger partial charge in [0.2, 0.25) is 0 Å². The Kier molecular flexibility index (Phi) is 11.0. The van der Waals surface area contributed by atoms with Crippen molar-refractivity contribution in [2.24, 2.45) is 4.99 Å². The molecule has 0 spiro atoms. The van der Waals surface area contributed by atoms with Crippen LogP contribution in [0.4, 0.5) is 0 Å². The van der Waals surface area contributed by atoms with Gasteiger partial charge in [0, 0.05) is 44.6 Å². The maximum absolute atomic E-state index is 4.74. The third kappa shape index (κ3) is 8.23. The average Bonchev–Trinajstić information content (AvgIpc) is 3.13. The first-order chi connectivity index (χ1) is 12.2. The summed E-state index contributed by atoms with van der Waals surface area (Å²) < 4.78 is 2.16. The molecule has 0 amide bonds. The number of halogens is 1. The van der Waals surface area contributed by atoms with E-state index in [1.807, 2.05) is 12.1 Å². The Labute approximate surface area is 174 Å².